The summed E-state index contributed by atoms with van der Waals surface area (Å²) in [6, 6.07) is 9.85. The maximum atomic E-state index is 12.2. The molecule has 1 saturated heterocycles. The summed E-state index contributed by atoms with van der Waals surface area (Å²) in [6.07, 6.45) is 2.39. The number of rotatable bonds is 7. The molecule has 1 fully saturated rings. The van der Waals surface area contributed by atoms with Gasteiger partial charge in [0.25, 0.3) is 5.91 Å². The summed E-state index contributed by atoms with van der Waals surface area (Å²) < 4.78 is 6.62. The predicted octanol–water partition coefficient (Wildman–Crippen LogP) is 3.82. The number of nitrogens with zero attached hydrogens (tertiary/aromatic N) is 4. The molecule has 1 aliphatic rings. The van der Waals surface area contributed by atoms with Gasteiger partial charge in [0.15, 0.2) is 10.9 Å². The van der Waals surface area contributed by atoms with Crippen LogP contribution in [-0.2, 0) is 4.79 Å². The average molecular weight is 416 g/mol. The van der Waals surface area contributed by atoms with Crippen molar-refractivity contribution in [2.45, 2.75) is 24.1 Å². The van der Waals surface area contributed by atoms with Crippen molar-refractivity contribution in [3.05, 3.63) is 30.3 Å². The van der Waals surface area contributed by atoms with Gasteiger partial charge in [-0.1, -0.05) is 42.2 Å². The van der Waals surface area contributed by atoms with Crippen LogP contribution in [0.2, 0.25) is 0 Å². The smallest absolute Gasteiger partial charge is 0.264 e. The third-order valence-corrected chi connectivity index (χ3v) is 6.23. The van der Waals surface area contributed by atoms with Crippen LogP contribution in [0.5, 0.6) is 5.75 Å². The van der Waals surface area contributed by atoms with Crippen LogP contribution in [0.4, 0.5) is 10.9 Å². The van der Waals surface area contributed by atoms with E-state index in [-0.39, 0.29) is 12.5 Å². The van der Waals surface area contributed by atoms with Gasteiger partial charge in [0.1, 0.15) is 17.1 Å². The predicted molar refractivity (Wildman–Crippen MR) is 114 cm³/mol. The minimum atomic E-state index is -0.267. The minimum absolute atomic E-state index is 0.107. The maximum absolute atomic E-state index is 12.2. The second kappa shape index (κ2) is 8.74. The van der Waals surface area contributed by atoms with Gasteiger partial charge in [0, 0.05) is 18.5 Å². The third kappa shape index (κ3) is 4.36. The highest BCUT2D eigenvalue weighted by atomic mass is 32.2. The van der Waals surface area contributed by atoms with E-state index in [0.717, 1.165) is 39.9 Å². The molecule has 1 N–H and O–H groups in total. The number of hydrogen-bond acceptors (Lipinski definition) is 8. The van der Waals surface area contributed by atoms with Gasteiger partial charge in [-0.15, -0.1) is 10.2 Å². The van der Waals surface area contributed by atoms with E-state index in [4.69, 9.17) is 9.72 Å². The number of aromatic nitrogens is 3. The normalized spacial score (nSPS) is 13.8. The molecule has 0 unspecified atom stereocenters. The largest absolute Gasteiger partial charge is 0.481 e. The summed E-state index contributed by atoms with van der Waals surface area (Å²) in [5, 5.41) is 12.2. The van der Waals surface area contributed by atoms with E-state index in [0.29, 0.717) is 10.9 Å². The summed E-state index contributed by atoms with van der Waals surface area (Å²) in [6.45, 7) is 4.00. The second-order valence-corrected chi connectivity index (χ2v) is 8.82. The number of thioether (sulfide) groups is 1. The van der Waals surface area contributed by atoms with Crippen molar-refractivity contribution < 1.29 is 9.53 Å². The van der Waals surface area contributed by atoms with E-state index >= 15 is 0 Å². The van der Waals surface area contributed by atoms with Gasteiger partial charge in [-0.05, 0) is 36.8 Å². The van der Waals surface area contributed by atoms with Gasteiger partial charge < -0.3 is 9.64 Å². The second-order valence-electron chi connectivity index (χ2n) is 6.33. The van der Waals surface area contributed by atoms with Gasteiger partial charge >= 0.3 is 0 Å². The van der Waals surface area contributed by atoms with E-state index in [1.54, 1.807) is 11.8 Å². The molecule has 28 heavy (non-hydrogen) atoms. The first-order chi connectivity index (χ1) is 13.7. The summed E-state index contributed by atoms with van der Waals surface area (Å²) >= 11 is 2.96. The van der Waals surface area contributed by atoms with Crippen molar-refractivity contribution in [3.63, 3.8) is 0 Å². The van der Waals surface area contributed by atoms with Gasteiger partial charge in [0.2, 0.25) is 5.13 Å². The van der Waals surface area contributed by atoms with Gasteiger partial charge in [-0.25, -0.2) is 4.98 Å². The van der Waals surface area contributed by atoms with Crippen LogP contribution < -0.4 is 15.0 Å². The Kier molecular flexibility index (Phi) is 5.92. The Bertz CT molecular complexity index is 972. The number of carbonyl (C=O) groups excluding carboxylic acids is 1. The molecule has 0 radical (unpaired) electrons. The highest BCUT2D eigenvalue weighted by Crippen LogP contribution is 2.28. The molecule has 9 heteroatoms. The standard InChI is InChI=1S/C19H21N5O2S2/c1-2-27-19-23-22-18(28-19)21-16(25)12-26-14-7-5-6-13-8-9-15(20-17(13)14)24-10-3-4-11-24/h5-9H,2-4,10-12H2,1H3,(H,21,22,25). The summed E-state index contributed by atoms with van der Waals surface area (Å²) in [7, 11) is 0. The zero-order chi connectivity index (χ0) is 19.3. The molecule has 3 heterocycles. The van der Waals surface area contributed by atoms with Crippen LogP contribution in [0.25, 0.3) is 10.9 Å². The first-order valence-corrected chi connectivity index (χ1v) is 11.1. The van der Waals surface area contributed by atoms with Crippen molar-refractivity contribution in [1.29, 1.82) is 0 Å². The minimum Gasteiger partial charge on any atom is -0.481 e. The van der Waals surface area contributed by atoms with Crippen molar-refractivity contribution in [2.24, 2.45) is 0 Å². The molecule has 1 amide bonds. The Morgan fingerprint density at radius 1 is 1.25 bits per heavy atom. The molecule has 0 bridgehead atoms. The molecule has 3 aromatic rings. The Morgan fingerprint density at radius 3 is 2.93 bits per heavy atom. The Hall–Kier alpha value is -2.39. The van der Waals surface area contributed by atoms with Gasteiger partial charge in [-0.2, -0.15) is 0 Å². The SMILES string of the molecule is CCSc1nnc(NC(=O)COc2cccc3ccc(N4CCCC4)nc23)s1. The lowest BCUT2D eigenvalue weighted by Crippen LogP contribution is -2.20. The lowest BCUT2D eigenvalue weighted by atomic mass is 10.2. The number of carbonyl (C=O) groups is 1. The molecule has 1 aliphatic heterocycles. The third-order valence-electron chi connectivity index (χ3n) is 4.38. The molecule has 146 valence electrons. The van der Waals surface area contributed by atoms with Crippen molar-refractivity contribution >= 4 is 50.9 Å². The number of anilines is 2. The van der Waals surface area contributed by atoms with Crippen LogP contribution in [0, 0.1) is 0 Å². The number of para-hydroxylation sites is 1. The summed E-state index contributed by atoms with van der Waals surface area (Å²) in [5.74, 6) is 2.21. The van der Waals surface area contributed by atoms with Crippen LogP contribution >= 0.6 is 23.1 Å². The molecule has 4 rings (SSSR count). The zero-order valence-electron chi connectivity index (χ0n) is 15.6. The molecule has 0 aliphatic carbocycles. The zero-order valence-corrected chi connectivity index (χ0v) is 17.2. The highest BCUT2D eigenvalue weighted by molar-refractivity contribution is 8.01. The lowest BCUT2D eigenvalue weighted by Gasteiger charge is -2.17. The number of benzene rings is 1. The number of fused-ring (bicyclic) bond motifs is 1. The molecule has 2 aromatic heterocycles. The van der Waals surface area contributed by atoms with Crippen molar-refractivity contribution in [2.75, 3.05) is 35.7 Å². The van der Waals surface area contributed by atoms with Crippen molar-refractivity contribution in [1.82, 2.24) is 15.2 Å². The topological polar surface area (TPSA) is 80.2 Å². The lowest BCUT2D eigenvalue weighted by molar-refractivity contribution is -0.118. The first-order valence-electron chi connectivity index (χ1n) is 9.26. The van der Waals surface area contributed by atoms with Crippen LogP contribution in [0.15, 0.2) is 34.7 Å². The number of hydrogen-bond donors (Lipinski definition) is 1. The summed E-state index contributed by atoms with van der Waals surface area (Å²) in [5.41, 5.74) is 0.775. The Balaban J connectivity index is 1.44. The van der Waals surface area contributed by atoms with Crippen LogP contribution in [0.3, 0.4) is 0 Å². The van der Waals surface area contributed by atoms with Crippen LogP contribution in [0.1, 0.15) is 19.8 Å². The number of ether oxygens (including phenoxy) is 1. The van der Waals surface area contributed by atoms with Crippen molar-refractivity contribution in [3.8, 4) is 5.75 Å². The van der Waals surface area contributed by atoms with Crippen LogP contribution in [-0.4, -0.2) is 46.5 Å². The fraction of sp³-hybridized carbons (Fsp3) is 0.368. The molecule has 0 spiro atoms. The van der Waals surface area contributed by atoms with E-state index < -0.39 is 0 Å². The molecule has 1 aromatic carbocycles. The Morgan fingerprint density at radius 2 is 2.11 bits per heavy atom. The van der Waals surface area contributed by atoms with E-state index in [1.807, 2.05) is 31.2 Å². The average Bonchev–Trinajstić information content (AvgIpc) is 3.39. The van der Waals surface area contributed by atoms with Gasteiger partial charge in [-0.3, -0.25) is 10.1 Å². The molecular weight excluding hydrogens is 394 g/mol. The highest BCUT2D eigenvalue weighted by Gasteiger charge is 2.15. The van der Waals surface area contributed by atoms with E-state index in [9.17, 15) is 4.79 Å². The van der Waals surface area contributed by atoms with Gasteiger partial charge in [0.05, 0.1) is 0 Å². The molecule has 7 nitrogen and oxygen atoms in total. The van der Waals surface area contributed by atoms with E-state index in [1.165, 1.54) is 24.2 Å². The molecule has 0 saturated carbocycles. The molecule has 0 atom stereocenters. The fourth-order valence-electron chi connectivity index (χ4n) is 3.09. The molecular formula is C19H21N5O2S2. The Labute approximate surface area is 171 Å². The van der Waals surface area contributed by atoms with E-state index in [2.05, 4.69) is 26.5 Å². The fourth-order valence-corrected chi connectivity index (χ4v) is 4.75. The first kappa shape index (κ1) is 18.9. The summed E-state index contributed by atoms with van der Waals surface area (Å²) in [4.78, 5) is 19.3. The number of nitrogens with one attached hydrogen (secondary N) is 1. The number of pyridine rings is 1. The number of amides is 1. The maximum Gasteiger partial charge on any atom is 0.264 e. The quantitative estimate of drug-likeness (QED) is 0.464. The monoisotopic (exact) mass is 415 g/mol.